The largest absolute Gasteiger partial charge is 0.347 e. The van der Waals surface area contributed by atoms with Gasteiger partial charge in [0.25, 0.3) is 5.91 Å². The van der Waals surface area contributed by atoms with E-state index in [1.54, 1.807) is 0 Å². The highest BCUT2D eigenvalue weighted by Gasteiger charge is 2.08. The van der Waals surface area contributed by atoms with E-state index in [1.807, 2.05) is 0 Å². The number of H-pyrrole nitrogens is 1. The minimum absolute atomic E-state index is 0.0339. The first-order valence-electron chi connectivity index (χ1n) is 5.48. The second kappa shape index (κ2) is 5.43. The molecule has 19 heavy (non-hydrogen) atoms. The topological polar surface area (TPSA) is 62.0 Å². The number of benzene rings is 1. The van der Waals surface area contributed by atoms with Crippen molar-refractivity contribution in [2.24, 2.45) is 0 Å². The third-order valence-electron chi connectivity index (χ3n) is 2.46. The number of aromatic amines is 1. The Balaban J connectivity index is 2.08. The summed E-state index contributed by atoms with van der Waals surface area (Å²) in [4.78, 5) is 25.0. The average Bonchev–Trinajstić information content (AvgIpc) is 2.39. The van der Waals surface area contributed by atoms with Crippen LogP contribution in [-0.4, -0.2) is 10.9 Å². The van der Waals surface area contributed by atoms with Gasteiger partial charge in [-0.3, -0.25) is 9.59 Å². The van der Waals surface area contributed by atoms with Crippen molar-refractivity contribution in [2.75, 3.05) is 0 Å². The molecule has 1 aromatic carbocycles. The third-order valence-corrected chi connectivity index (χ3v) is 2.46. The maximum atomic E-state index is 13.3. The fourth-order valence-corrected chi connectivity index (χ4v) is 1.53. The molecule has 0 aliphatic rings. The fraction of sp³-hybridized carbons (Fsp3) is 0.0769. The van der Waals surface area contributed by atoms with Gasteiger partial charge in [0.1, 0.15) is 17.3 Å². The molecule has 1 amide bonds. The van der Waals surface area contributed by atoms with Gasteiger partial charge in [-0.25, -0.2) is 8.78 Å². The molecule has 0 atom stereocenters. The molecule has 0 unspecified atom stereocenters. The van der Waals surface area contributed by atoms with Crippen LogP contribution in [0.2, 0.25) is 0 Å². The number of halogens is 2. The summed E-state index contributed by atoms with van der Waals surface area (Å²) in [5.74, 6) is -1.76. The maximum Gasteiger partial charge on any atom is 0.268 e. The van der Waals surface area contributed by atoms with Gasteiger partial charge in [0.05, 0.1) is 0 Å². The van der Waals surface area contributed by atoms with E-state index in [9.17, 15) is 18.4 Å². The van der Waals surface area contributed by atoms with Crippen LogP contribution in [-0.2, 0) is 6.54 Å². The van der Waals surface area contributed by atoms with Crippen LogP contribution in [0, 0.1) is 11.6 Å². The normalized spacial score (nSPS) is 10.2. The molecule has 0 fully saturated rings. The highest BCUT2D eigenvalue weighted by molar-refractivity contribution is 5.92. The molecule has 4 nitrogen and oxygen atoms in total. The van der Waals surface area contributed by atoms with Gasteiger partial charge in [-0.2, -0.15) is 0 Å². The number of pyridine rings is 1. The summed E-state index contributed by atoms with van der Waals surface area (Å²) in [5, 5.41) is 2.39. The monoisotopic (exact) mass is 264 g/mol. The fourth-order valence-electron chi connectivity index (χ4n) is 1.53. The highest BCUT2D eigenvalue weighted by atomic mass is 19.1. The molecule has 1 heterocycles. The first-order valence-corrected chi connectivity index (χ1v) is 5.48. The number of amides is 1. The van der Waals surface area contributed by atoms with Crippen LogP contribution in [0.4, 0.5) is 8.78 Å². The van der Waals surface area contributed by atoms with Crippen LogP contribution in [0.15, 0.2) is 41.2 Å². The number of aromatic nitrogens is 1. The van der Waals surface area contributed by atoms with E-state index in [1.165, 1.54) is 18.2 Å². The van der Waals surface area contributed by atoms with Crippen LogP contribution in [0.1, 0.15) is 16.1 Å². The Morgan fingerprint density at radius 2 is 2.00 bits per heavy atom. The molecule has 0 saturated carbocycles. The van der Waals surface area contributed by atoms with E-state index in [-0.39, 0.29) is 17.8 Å². The van der Waals surface area contributed by atoms with Crippen LogP contribution >= 0.6 is 0 Å². The predicted octanol–water partition coefficient (Wildman–Crippen LogP) is 1.58. The molecule has 0 saturated heterocycles. The highest BCUT2D eigenvalue weighted by Crippen LogP contribution is 2.09. The minimum atomic E-state index is -0.608. The molecular formula is C13H10F2N2O2. The molecule has 2 N–H and O–H groups in total. The van der Waals surface area contributed by atoms with E-state index in [2.05, 4.69) is 10.3 Å². The standard InChI is InChI=1S/C13H10F2N2O2/c14-9-4-5-10(15)8(6-9)7-16-13(19)11-2-1-3-12(18)17-11/h1-6H,7H2,(H,16,19)(H,17,18). The van der Waals surface area contributed by atoms with Crippen molar-refractivity contribution in [3.63, 3.8) is 0 Å². The van der Waals surface area contributed by atoms with Crippen molar-refractivity contribution in [3.05, 3.63) is 69.6 Å². The number of hydrogen-bond acceptors (Lipinski definition) is 2. The molecule has 0 radical (unpaired) electrons. The summed E-state index contributed by atoms with van der Waals surface area (Å²) < 4.78 is 26.2. The summed E-state index contributed by atoms with van der Waals surface area (Å²) in [6.45, 7) is -0.167. The van der Waals surface area contributed by atoms with E-state index in [0.29, 0.717) is 0 Å². The molecule has 0 aliphatic heterocycles. The Labute approximate surface area is 107 Å². The zero-order valence-electron chi connectivity index (χ0n) is 9.74. The molecule has 0 aliphatic carbocycles. The Morgan fingerprint density at radius 1 is 1.21 bits per heavy atom. The van der Waals surface area contributed by atoms with E-state index >= 15 is 0 Å². The second-order valence-corrected chi connectivity index (χ2v) is 3.85. The van der Waals surface area contributed by atoms with Crippen LogP contribution in [0.25, 0.3) is 0 Å². The van der Waals surface area contributed by atoms with Gasteiger partial charge in [-0.15, -0.1) is 0 Å². The Bertz CT molecular complexity index is 668. The maximum absolute atomic E-state index is 13.3. The molecule has 98 valence electrons. The van der Waals surface area contributed by atoms with Crippen molar-refractivity contribution >= 4 is 5.91 Å². The van der Waals surface area contributed by atoms with E-state index in [0.717, 1.165) is 18.2 Å². The first kappa shape index (κ1) is 12.9. The number of carbonyl (C=O) groups excluding carboxylic acids is 1. The molecule has 0 spiro atoms. The number of rotatable bonds is 3. The van der Waals surface area contributed by atoms with E-state index < -0.39 is 23.1 Å². The summed E-state index contributed by atoms with van der Waals surface area (Å²) in [7, 11) is 0. The van der Waals surface area contributed by atoms with Crippen molar-refractivity contribution in [1.29, 1.82) is 0 Å². The smallest absolute Gasteiger partial charge is 0.268 e. The molecule has 6 heteroatoms. The third kappa shape index (κ3) is 3.25. The Kier molecular flexibility index (Phi) is 3.70. The van der Waals surface area contributed by atoms with Gasteiger partial charge in [-0.1, -0.05) is 6.07 Å². The van der Waals surface area contributed by atoms with E-state index in [4.69, 9.17) is 0 Å². The van der Waals surface area contributed by atoms with Crippen molar-refractivity contribution < 1.29 is 13.6 Å². The summed E-state index contributed by atoms with van der Waals surface area (Å²) in [6, 6.07) is 7.10. The predicted molar refractivity (Wildman–Crippen MR) is 64.6 cm³/mol. The Morgan fingerprint density at radius 3 is 2.74 bits per heavy atom. The first-order chi connectivity index (χ1) is 9.06. The number of nitrogens with one attached hydrogen (secondary N) is 2. The summed E-state index contributed by atoms with van der Waals surface area (Å²) in [6.07, 6.45) is 0. The van der Waals surface area contributed by atoms with Crippen molar-refractivity contribution in [3.8, 4) is 0 Å². The zero-order chi connectivity index (χ0) is 13.8. The lowest BCUT2D eigenvalue weighted by molar-refractivity contribution is 0.0945. The van der Waals surface area contributed by atoms with Crippen molar-refractivity contribution in [1.82, 2.24) is 10.3 Å². The summed E-state index contributed by atoms with van der Waals surface area (Å²) in [5.41, 5.74) is -0.319. The molecule has 0 bridgehead atoms. The average molecular weight is 264 g/mol. The van der Waals surface area contributed by atoms with Gasteiger partial charge >= 0.3 is 0 Å². The quantitative estimate of drug-likeness (QED) is 0.884. The van der Waals surface area contributed by atoms with Gasteiger partial charge in [0.15, 0.2) is 0 Å². The lowest BCUT2D eigenvalue weighted by atomic mass is 10.2. The summed E-state index contributed by atoms with van der Waals surface area (Å²) >= 11 is 0. The lowest BCUT2D eigenvalue weighted by Crippen LogP contribution is -2.26. The number of hydrogen-bond donors (Lipinski definition) is 2. The van der Waals surface area contributed by atoms with Gasteiger partial charge in [0, 0.05) is 18.2 Å². The Hall–Kier alpha value is -2.50. The van der Waals surface area contributed by atoms with Crippen molar-refractivity contribution in [2.45, 2.75) is 6.54 Å². The van der Waals surface area contributed by atoms with Crippen LogP contribution < -0.4 is 10.9 Å². The molecule has 2 aromatic rings. The number of carbonyl (C=O) groups is 1. The van der Waals surface area contributed by atoms with Gasteiger partial charge in [0.2, 0.25) is 5.56 Å². The minimum Gasteiger partial charge on any atom is -0.347 e. The SMILES string of the molecule is O=C(NCc1cc(F)ccc1F)c1cccc(=O)[nH]1. The second-order valence-electron chi connectivity index (χ2n) is 3.85. The molecular weight excluding hydrogens is 254 g/mol. The lowest BCUT2D eigenvalue weighted by Gasteiger charge is -2.06. The van der Waals surface area contributed by atoms with Gasteiger partial charge < -0.3 is 10.3 Å². The van der Waals surface area contributed by atoms with Crippen LogP contribution in [0.5, 0.6) is 0 Å². The molecule has 2 rings (SSSR count). The van der Waals surface area contributed by atoms with Crippen LogP contribution in [0.3, 0.4) is 0 Å². The zero-order valence-corrected chi connectivity index (χ0v) is 9.74. The van der Waals surface area contributed by atoms with Gasteiger partial charge in [-0.05, 0) is 24.3 Å². The molecule has 1 aromatic heterocycles.